The van der Waals surface area contributed by atoms with Crippen molar-refractivity contribution in [2.45, 2.75) is 6.42 Å². The maximum atomic E-state index is 5.98. The first-order valence-electron chi connectivity index (χ1n) is 5.01. The van der Waals surface area contributed by atoms with Crippen LogP contribution >= 0.6 is 39.1 Å². The molecule has 1 aromatic heterocycles. The quantitative estimate of drug-likeness (QED) is 0.900. The van der Waals surface area contributed by atoms with Gasteiger partial charge in [-0.3, -0.25) is 5.10 Å². The van der Waals surface area contributed by atoms with E-state index in [4.69, 9.17) is 28.9 Å². The standard InChI is InChI=1S/C11H10BrCl2N3/c12-10-9(3-4-15)16-17-11(10)6-1-2-7(13)8(14)5-6/h1-2,5H,3-4,15H2,(H,16,17). The van der Waals surface area contributed by atoms with E-state index in [0.717, 1.165) is 27.8 Å². The molecule has 0 saturated carbocycles. The molecular weight excluding hydrogens is 325 g/mol. The Balaban J connectivity index is 2.42. The fourth-order valence-electron chi connectivity index (χ4n) is 1.51. The minimum atomic E-state index is 0.513. The van der Waals surface area contributed by atoms with Gasteiger partial charge < -0.3 is 5.73 Å². The van der Waals surface area contributed by atoms with Crippen LogP contribution in [0, 0.1) is 0 Å². The maximum Gasteiger partial charge on any atom is 0.107 e. The van der Waals surface area contributed by atoms with E-state index in [1.165, 1.54) is 0 Å². The monoisotopic (exact) mass is 333 g/mol. The number of nitrogens with two attached hydrogens (primary N) is 1. The topological polar surface area (TPSA) is 54.7 Å². The zero-order valence-electron chi connectivity index (χ0n) is 8.80. The second-order valence-electron chi connectivity index (χ2n) is 3.53. The molecule has 0 aliphatic rings. The molecule has 0 aliphatic carbocycles. The summed E-state index contributed by atoms with van der Waals surface area (Å²) in [6.07, 6.45) is 0.745. The SMILES string of the molecule is NCCc1[nH]nc(-c2ccc(Cl)c(Cl)c2)c1Br. The molecule has 0 aliphatic heterocycles. The average molecular weight is 335 g/mol. The molecular formula is C11H10BrCl2N3. The van der Waals surface area contributed by atoms with Gasteiger partial charge in [0.2, 0.25) is 0 Å². The van der Waals surface area contributed by atoms with E-state index in [-0.39, 0.29) is 0 Å². The lowest BCUT2D eigenvalue weighted by Gasteiger charge is -2.01. The lowest BCUT2D eigenvalue weighted by atomic mass is 10.1. The second-order valence-corrected chi connectivity index (χ2v) is 5.14. The molecule has 17 heavy (non-hydrogen) atoms. The van der Waals surface area contributed by atoms with Crippen molar-refractivity contribution in [2.24, 2.45) is 5.73 Å². The molecule has 0 radical (unpaired) electrons. The third-order valence-electron chi connectivity index (χ3n) is 2.36. The Kier molecular flexibility index (Phi) is 4.09. The Morgan fingerprint density at radius 3 is 2.71 bits per heavy atom. The number of nitrogens with one attached hydrogen (secondary N) is 1. The van der Waals surface area contributed by atoms with E-state index in [0.29, 0.717) is 16.6 Å². The van der Waals surface area contributed by atoms with Crippen molar-refractivity contribution in [1.29, 1.82) is 0 Å². The molecule has 1 heterocycles. The van der Waals surface area contributed by atoms with Crippen LogP contribution in [0.25, 0.3) is 11.3 Å². The summed E-state index contributed by atoms with van der Waals surface area (Å²) in [5.41, 5.74) is 8.21. The summed E-state index contributed by atoms with van der Waals surface area (Å²) in [4.78, 5) is 0. The largest absolute Gasteiger partial charge is 0.330 e. The van der Waals surface area contributed by atoms with Gasteiger partial charge in [-0.2, -0.15) is 5.10 Å². The molecule has 0 amide bonds. The first-order chi connectivity index (χ1) is 8.13. The smallest absolute Gasteiger partial charge is 0.107 e. The molecule has 3 N–H and O–H groups in total. The number of halogens is 3. The van der Waals surface area contributed by atoms with Gasteiger partial charge in [0, 0.05) is 12.0 Å². The molecule has 0 fully saturated rings. The molecule has 6 heteroatoms. The Hall–Kier alpha value is -0.550. The third kappa shape index (κ3) is 2.65. The van der Waals surface area contributed by atoms with Gasteiger partial charge in [-0.25, -0.2) is 0 Å². The zero-order valence-corrected chi connectivity index (χ0v) is 11.9. The third-order valence-corrected chi connectivity index (χ3v) is 3.96. The van der Waals surface area contributed by atoms with Gasteiger partial charge in [0.15, 0.2) is 0 Å². The van der Waals surface area contributed by atoms with Gasteiger partial charge in [0.05, 0.1) is 20.2 Å². The fourth-order valence-corrected chi connectivity index (χ4v) is 2.41. The molecule has 1 aromatic carbocycles. The number of nitrogens with zero attached hydrogens (tertiary/aromatic N) is 1. The van der Waals surface area contributed by atoms with Gasteiger partial charge in [-0.15, -0.1) is 0 Å². The summed E-state index contributed by atoms with van der Waals surface area (Å²) in [5.74, 6) is 0. The highest BCUT2D eigenvalue weighted by molar-refractivity contribution is 9.10. The summed E-state index contributed by atoms with van der Waals surface area (Å²) >= 11 is 15.4. The first-order valence-corrected chi connectivity index (χ1v) is 6.56. The van der Waals surface area contributed by atoms with Crippen LogP contribution in [0.4, 0.5) is 0 Å². The number of aromatic amines is 1. The lowest BCUT2D eigenvalue weighted by Crippen LogP contribution is -2.03. The van der Waals surface area contributed by atoms with E-state index in [9.17, 15) is 0 Å². The summed E-state index contributed by atoms with van der Waals surface area (Å²) in [5, 5.41) is 8.25. The highest BCUT2D eigenvalue weighted by Gasteiger charge is 2.12. The summed E-state index contributed by atoms with van der Waals surface area (Å²) < 4.78 is 0.918. The predicted molar refractivity (Wildman–Crippen MR) is 74.5 cm³/mol. The molecule has 2 rings (SSSR count). The van der Waals surface area contributed by atoms with Crippen molar-refractivity contribution in [1.82, 2.24) is 10.2 Å². The highest BCUT2D eigenvalue weighted by Crippen LogP contribution is 2.32. The average Bonchev–Trinajstić information content (AvgIpc) is 2.66. The van der Waals surface area contributed by atoms with Gasteiger partial charge in [-0.1, -0.05) is 29.3 Å². The second kappa shape index (κ2) is 5.40. The van der Waals surface area contributed by atoms with Crippen molar-refractivity contribution in [3.8, 4) is 11.3 Å². The van der Waals surface area contributed by atoms with Crippen molar-refractivity contribution in [3.05, 3.63) is 38.4 Å². The van der Waals surface area contributed by atoms with Crippen LogP contribution in [0.2, 0.25) is 10.0 Å². The zero-order chi connectivity index (χ0) is 12.4. The molecule has 0 spiro atoms. The van der Waals surface area contributed by atoms with Crippen molar-refractivity contribution in [2.75, 3.05) is 6.54 Å². The molecule has 3 nitrogen and oxygen atoms in total. The van der Waals surface area contributed by atoms with Gasteiger partial charge >= 0.3 is 0 Å². The number of aromatic nitrogens is 2. The van der Waals surface area contributed by atoms with Gasteiger partial charge in [-0.05, 0) is 34.6 Å². The predicted octanol–water partition coefficient (Wildman–Crippen LogP) is 3.65. The maximum absolute atomic E-state index is 5.98. The Morgan fingerprint density at radius 1 is 1.29 bits per heavy atom. The number of rotatable bonds is 3. The van der Waals surface area contributed by atoms with Crippen molar-refractivity contribution >= 4 is 39.1 Å². The summed E-state index contributed by atoms with van der Waals surface area (Å²) in [7, 11) is 0. The Labute approximate surface area is 117 Å². The summed E-state index contributed by atoms with van der Waals surface area (Å²) in [6.45, 7) is 0.571. The normalized spacial score (nSPS) is 10.8. The van der Waals surface area contributed by atoms with Gasteiger partial charge in [0.25, 0.3) is 0 Å². The Bertz CT molecular complexity index is 540. The highest BCUT2D eigenvalue weighted by atomic mass is 79.9. The van der Waals surface area contributed by atoms with E-state index in [2.05, 4.69) is 26.1 Å². The van der Waals surface area contributed by atoms with Crippen LogP contribution in [0.15, 0.2) is 22.7 Å². The van der Waals surface area contributed by atoms with Crippen LogP contribution in [0.5, 0.6) is 0 Å². The minimum absolute atomic E-state index is 0.513. The molecule has 0 atom stereocenters. The molecule has 2 aromatic rings. The minimum Gasteiger partial charge on any atom is -0.330 e. The summed E-state index contributed by atoms with van der Waals surface area (Å²) in [6, 6.07) is 5.42. The van der Waals surface area contributed by atoms with E-state index in [1.54, 1.807) is 12.1 Å². The first kappa shape index (κ1) is 12.9. The van der Waals surface area contributed by atoms with E-state index < -0.39 is 0 Å². The lowest BCUT2D eigenvalue weighted by molar-refractivity contribution is 0.898. The Morgan fingerprint density at radius 2 is 2.06 bits per heavy atom. The molecule has 0 saturated heterocycles. The number of H-pyrrole nitrogens is 1. The van der Waals surface area contributed by atoms with E-state index in [1.807, 2.05) is 6.07 Å². The van der Waals surface area contributed by atoms with Crippen molar-refractivity contribution in [3.63, 3.8) is 0 Å². The molecule has 0 unspecified atom stereocenters. The van der Waals surface area contributed by atoms with Crippen LogP contribution in [0.1, 0.15) is 5.69 Å². The van der Waals surface area contributed by atoms with Gasteiger partial charge in [0.1, 0.15) is 5.69 Å². The van der Waals surface area contributed by atoms with E-state index >= 15 is 0 Å². The number of hydrogen-bond acceptors (Lipinski definition) is 2. The van der Waals surface area contributed by atoms with Crippen molar-refractivity contribution < 1.29 is 0 Å². The van der Waals surface area contributed by atoms with Crippen LogP contribution in [-0.4, -0.2) is 16.7 Å². The van der Waals surface area contributed by atoms with Crippen LogP contribution in [-0.2, 0) is 6.42 Å². The number of benzene rings is 1. The molecule has 90 valence electrons. The van der Waals surface area contributed by atoms with Crippen LogP contribution < -0.4 is 5.73 Å². The number of hydrogen-bond donors (Lipinski definition) is 2. The van der Waals surface area contributed by atoms with Crippen LogP contribution in [0.3, 0.4) is 0 Å². The fraction of sp³-hybridized carbons (Fsp3) is 0.182. The molecule has 0 bridgehead atoms.